The molecule has 136 valence electrons. The van der Waals surface area contributed by atoms with E-state index in [2.05, 4.69) is 13.8 Å². The van der Waals surface area contributed by atoms with Crippen LogP contribution in [0.2, 0.25) is 0 Å². The van der Waals surface area contributed by atoms with E-state index in [-0.39, 0.29) is 41.5 Å². The van der Waals surface area contributed by atoms with Gasteiger partial charge in [0.2, 0.25) is 0 Å². The van der Waals surface area contributed by atoms with Gasteiger partial charge in [-0.25, -0.2) is 0 Å². The highest BCUT2D eigenvalue weighted by Gasteiger charge is 2.58. The summed E-state index contributed by atoms with van der Waals surface area (Å²) < 4.78 is 0. The molecule has 1 saturated carbocycles. The van der Waals surface area contributed by atoms with Crippen LogP contribution in [0.5, 0.6) is 0 Å². The summed E-state index contributed by atoms with van der Waals surface area (Å²) in [5, 5.41) is 31.7. The van der Waals surface area contributed by atoms with Gasteiger partial charge in [0.25, 0.3) is 0 Å². The van der Waals surface area contributed by atoms with Crippen molar-refractivity contribution in [2.75, 3.05) is 6.61 Å². The van der Waals surface area contributed by atoms with Gasteiger partial charge in [-0.2, -0.15) is 0 Å². The number of carbonyl (C=O) groups is 1. The lowest BCUT2D eigenvalue weighted by atomic mass is 9.47. The molecule has 0 heterocycles. The number of hydrogen-bond acceptors (Lipinski definition) is 4. The van der Waals surface area contributed by atoms with Gasteiger partial charge < -0.3 is 15.3 Å². The Labute approximate surface area is 145 Å². The van der Waals surface area contributed by atoms with Gasteiger partial charge in [0.1, 0.15) is 0 Å². The van der Waals surface area contributed by atoms with E-state index in [1.807, 2.05) is 13.8 Å². The number of allylic oxidation sites excluding steroid dienone is 1. The molecule has 5 atom stereocenters. The second-order valence-electron chi connectivity index (χ2n) is 9.32. The van der Waals surface area contributed by atoms with Gasteiger partial charge in [0.05, 0.1) is 11.7 Å². The quantitative estimate of drug-likeness (QED) is 0.724. The Hall–Kier alpha value is -0.710. The highest BCUT2D eigenvalue weighted by Crippen LogP contribution is 2.61. The smallest absolute Gasteiger partial charge is 0.162 e. The molecule has 4 nitrogen and oxygen atoms in total. The predicted molar refractivity (Wildman–Crippen MR) is 92.3 cm³/mol. The number of aliphatic hydroxyl groups excluding tert-OH is 2. The first-order valence-corrected chi connectivity index (χ1v) is 9.35. The van der Waals surface area contributed by atoms with E-state index in [9.17, 15) is 20.1 Å². The van der Waals surface area contributed by atoms with Gasteiger partial charge in [-0.3, -0.25) is 4.79 Å². The van der Waals surface area contributed by atoms with Crippen LogP contribution in [-0.4, -0.2) is 39.4 Å². The maximum atomic E-state index is 13.1. The Morgan fingerprint density at radius 2 is 1.88 bits per heavy atom. The third-order valence-electron chi connectivity index (χ3n) is 7.49. The molecule has 0 aliphatic heterocycles. The van der Waals surface area contributed by atoms with Gasteiger partial charge in [-0.05, 0) is 47.5 Å². The first-order valence-electron chi connectivity index (χ1n) is 9.35. The summed E-state index contributed by atoms with van der Waals surface area (Å²) in [5.74, 6) is 0.0786. The van der Waals surface area contributed by atoms with E-state index >= 15 is 0 Å². The van der Waals surface area contributed by atoms with Crippen LogP contribution >= 0.6 is 0 Å². The molecule has 3 N–H and O–H groups in total. The molecule has 1 fully saturated rings. The molecule has 3 rings (SSSR count). The van der Waals surface area contributed by atoms with Crippen LogP contribution in [0.4, 0.5) is 0 Å². The first kappa shape index (κ1) is 18.1. The van der Waals surface area contributed by atoms with Gasteiger partial charge in [-0.15, -0.1) is 0 Å². The molecule has 0 radical (unpaired) electrons. The minimum atomic E-state index is -1.05. The summed E-state index contributed by atoms with van der Waals surface area (Å²) in [7, 11) is 0. The molecule has 0 aromatic heterocycles. The lowest BCUT2D eigenvalue weighted by Gasteiger charge is -2.58. The van der Waals surface area contributed by atoms with E-state index in [4.69, 9.17) is 0 Å². The number of rotatable bonds is 2. The minimum Gasteiger partial charge on any atom is -0.396 e. The zero-order chi connectivity index (χ0) is 17.9. The fourth-order valence-corrected chi connectivity index (χ4v) is 5.78. The molecule has 0 spiro atoms. The summed E-state index contributed by atoms with van der Waals surface area (Å²) in [4.78, 5) is 13.1. The first-order chi connectivity index (χ1) is 11.1. The Morgan fingerprint density at radius 1 is 1.21 bits per heavy atom. The number of fused-ring (bicyclic) bond motifs is 2. The number of Topliss-reactive ketones (excluding diaryl/α,β-unsaturated/α-hetero) is 1. The highest BCUT2D eigenvalue weighted by atomic mass is 16.3. The molecule has 24 heavy (non-hydrogen) atoms. The summed E-state index contributed by atoms with van der Waals surface area (Å²) in [5.41, 5.74) is -0.0489. The van der Waals surface area contributed by atoms with Gasteiger partial charge in [0.15, 0.2) is 5.78 Å². The maximum absolute atomic E-state index is 13.1. The zero-order valence-corrected chi connectivity index (χ0v) is 15.4. The maximum Gasteiger partial charge on any atom is 0.162 e. The molecule has 0 amide bonds. The largest absolute Gasteiger partial charge is 0.396 e. The Morgan fingerprint density at radius 3 is 2.46 bits per heavy atom. The molecule has 0 aromatic rings. The minimum absolute atomic E-state index is 0.000824. The van der Waals surface area contributed by atoms with E-state index in [0.717, 1.165) is 30.4 Å². The van der Waals surface area contributed by atoms with E-state index in [1.165, 1.54) is 0 Å². The molecule has 0 aromatic carbocycles. The lowest BCUT2D eigenvalue weighted by Crippen LogP contribution is -2.55. The van der Waals surface area contributed by atoms with E-state index in [0.29, 0.717) is 12.8 Å². The second-order valence-corrected chi connectivity index (χ2v) is 9.32. The summed E-state index contributed by atoms with van der Waals surface area (Å²) >= 11 is 0. The van der Waals surface area contributed by atoms with Gasteiger partial charge in [0, 0.05) is 25.0 Å². The molecule has 0 unspecified atom stereocenters. The van der Waals surface area contributed by atoms with Crippen molar-refractivity contribution in [2.45, 2.75) is 77.9 Å². The average molecular weight is 336 g/mol. The van der Waals surface area contributed by atoms with Crippen molar-refractivity contribution in [3.05, 3.63) is 11.1 Å². The second kappa shape index (κ2) is 5.65. The van der Waals surface area contributed by atoms with Gasteiger partial charge in [-0.1, -0.05) is 34.1 Å². The number of aliphatic hydroxyl groups is 3. The Bertz CT molecular complexity index is 580. The molecule has 3 aliphatic rings. The predicted octanol–water partition coefficient (Wildman–Crippen LogP) is 2.60. The van der Waals surface area contributed by atoms with E-state index in [1.54, 1.807) is 0 Å². The van der Waals surface area contributed by atoms with Crippen LogP contribution in [0.25, 0.3) is 0 Å². The summed E-state index contributed by atoms with van der Waals surface area (Å²) in [6.07, 6.45) is 3.27. The third-order valence-corrected chi connectivity index (χ3v) is 7.49. The van der Waals surface area contributed by atoms with Crippen LogP contribution in [0.1, 0.15) is 66.2 Å². The van der Waals surface area contributed by atoms with Crippen LogP contribution in [0, 0.1) is 22.7 Å². The molecule has 3 aliphatic carbocycles. The fourth-order valence-electron chi connectivity index (χ4n) is 5.78. The zero-order valence-electron chi connectivity index (χ0n) is 15.4. The standard InChI is InChI=1S/C20H32O4/c1-12(2)20(24)9-13-14(22)8-16-18(3,11-21)6-5-7-19(16,4)17(13)15(23)10-20/h12,14,16,21-22,24H,5-11H2,1-4H3/t14-,16+,18+,19+,20+/m1/s1. The summed E-state index contributed by atoms with van der Waals surface area (Å²) in [6.45, 7) is 8.19. The summed E-state index contributed by atoms with van der Waals surface area (Å²) in [6, 6.07) is 0. The van der Waals surface area contributed by atoms with Crippen molar-refractivity contribution in [1.29, 1.82) is 0 Å². The topological polar surface area (TPSA) is 77.8 Å². The van der Waals surface area contributed by atoms with Gasteiger partial charge >= 0.3 is 0 Å². The van der Waals surface area contributed by atoms with Crippen molar-refractivity contribution in [3.63, 3.8) is 0 Å². The van der Waals surface area contributed by atoms with Crippen molar-refractivity contribution < 1.29 is 20.1 Å². The lowest BCUT2D eigenvalue weighted by molar-refractivity contribution is -0.131. The third kappa shape index (κ3) is 2.41. The molecule has 0 saturated heterocycles. The van der Waals surface area contributed by atoms with Crippen molar-refractivity contribution in [1.82, 2.24) is 0 Å². The van der Waals surface area contributed by atoms with Crippen LogP contribution in [0.3, 0.4) is 0 Å². The monoisotopic (exact) mass is 336 g/mol. The molecular weight excluding hydrogens is 304 g/mol. The SMILES string of the molecule is CC(C)[C@@]1(O)CC(=O)C2=C(C1)[C@H](O)C[C@H]1[C@](C)(CO)CCC[C@]21C. The Kier molecular flexibility index (Phi) is 4.26. The highest BCUT2D eigenvalue weighted by molar-refractivity contribution is 5.99. The van der Waals surface area contributed by atoms with Crippen LogP contribution in [0.15, 0.2) is 11.1 Å². The van der Waals surface area contributed by atoms with Crippen LogP contribution in [-0.2, 0) is 4.79 Å². The van der Waals surface area contributed by atoms with E-state index < -0.39 is 11.7 Å². The molecular formula is C20H32O4. The Balaban J connectivity index is 2.10. The molecule has 4 heteroatoms. The fraction of sp³-hybridized carbons (Fsp3) is 0.850. The van der Waals surface area contributed by atoms with Crippen molar-refractivity contribution in [3.8, 4) is 0 Å². The van der Waals surface area contributed by atoms with Crippen molar-refractivity contribution in [2.24, 2.45) is 22.7 Å². The van der Waals surface area contributed by atoms with Crippen LogP contribution < -0.4 is 0 Å². The average Bonchev–Trinajstić information content (AvgIpc) is 2.49. The van der Waals surface area contributed by atoms with Crippen molar-refractivity contribution >= 4 is 5.78 Å². The normalized spacial score (nSPS) is 46.1. The molecule has 0 bridgehead atoms. The number of ketones is 1. The number of hydrogen-bond donors (Lipinski definition) is 3. The number of carbonyl (C=O) groups excluding carboxylic acids is 1.